The summed E-state index contributed by atoms with van der Waals surface area (Å²) in [5.74, 6) is -0.125. The lowest BCUT2D eigenvalue weighted by molar-refractivity contribution is -0.117. The van der Waals surface area contributed by atoms with Crippen molar-refractivity contribution < 1.29 is 4.79 Å². The molecule has 0 spiro atoms. The first-order chi connectivity index (χ1) is 12.3. The van der Waals surface area contributed by atoms with Crippen molar-refractivity contribution >= 4 is 33.9 Å². The molecule has 126 valence electrons. The van der Waals surface area contributed by atoms with Gasteiger partial charge in [0.15, 0.2) is 0 Å². The maximum atomic E-state index is 11.6. The van der Waals surface area contributed by atoms with E-state index in [-0.39, 0.29) is 11.9 Å². The molecule has 0 aliphatic heterocycles. The molecule has 1 aliphatic carbocycles. The molecule has 0 fully saturated rings. The molecule has 25 heavy (non-hydrogen) atoms. The van der Waals surface area contributed by atoms with Crippen molar-refractivity contribution in [1.82, 2.24) is 20.3 Å². The fraction of sp³-hybridized carbons (Fsp3) is 0.211. The number of fused-ring (bicyclic) bond motifs is 1. The van der Waals surface area contributed by atoms with Gasteiger partial charge in [-0.05, 0) is 53.3 Å². The molecular formula is C19H18N4OS. The maximum absolute atomic E-state index is 11.6. The highest BCUT2D eigenvalue weighted by molar-refractivity contribution is 7.08. The predicted octanol–water partition coefficient (Wildman–Crippen LogP) is 3.92. The first-order valence-corrected chi connectivity index (χ1v) is 9.17. The average Bonchev–Trinajstić information content (AvgIpc) is 3.30. The molecule has 1 aliphatic rings. The highest BCUT2D eigenvalue weighted by Crippen LogP contribution is 2.36. The van der Waals surface area contributed by atoms with Crippen molar-refractivity contribution in [2.45, 2.75) is 25.3 Å². The van der Waals surface area contributed by atoms with Gasteiger partial charge < -0.3 is 10.3 Å². The Labute approximate surface area is 149 Å². The predicted molar refractivity (Wildman–Crippen MR) is 101 cm³/mol. The topological polar surface area (TPSA) is 70.7 Å². The molecule has 0 saturated heterocycles. The van der Waals surface area contributed by atoms with Gasteiger partial charge in [-0.25, -0.2) is 9.97 Å². The molecule has 1 amide bonds. The van der Waals surface area contributed by atoms with E-state index in [1.165, 1.54) is 11.6 Å². The second-order valence-electron chi connectivity index (χ2n) is 6.08. The Morgan fingerprint density at radius 2 is 2.36 bits per heavy atom. The van der Waals surface area contributed by atoms with E-state index in [4.69, 9.17) is 0 Å². The lowest BCUT2D eigenvalue weighted by atomic mass is 9.90. The van der Waals surface area contributed by atoms with Crippen LogP contribution < -0.4 is 5.32 Å². The minimum atomic E-state index is -0.125. The number of rotatable bonds is 4. The molecule has 6 heteroatoms. The van der Waals surface area contributed by atoms with Crippen LogP contribution in [0.2, 0.25) is 0 Å². The number of carbonyl (C=O) groups is 1. The molecule has 0 saturated carbocycles. The third-order valence-corrected chi connectivity index (χ3v) is 5.19. The molecule has 3 aromatic rings. The zero-order valence-electron chi connectivity index (χ0n) is 13.7. The number of hydrogen-bond acceptors (Lipinski definition) is 4. The van der Waals surface area contributed by atoms with Crippen molar-refractivity contribution in [3.63, 3.8) is 0 Å². The fourth-order valence-electron chi connectivity index (χ4n) is 3.34. The monoisotopic (exact) mass is 350 g/mol. The third-order valence-electron chi connectivity index (χ3n) is 4.51. The number of H-pyrrole nitrogens is 1. The van der Waals surface area contributed by atoms with Crippen LogP contribution >= 0.6 is 11.3 Å². The summed E-state index contributed by atoms with van der Waals surface area (Å²) in [6, 6.07) is 2.21. The van der Waals surface area contributed by atoms with Crippen molar-refractivity contribution in [3.05, 3.63) is 53.8 Å². The number of hydrogen-bond donors (Lipinski definition) is 2. The number of amides is 1. The number of nitrogens with one attached hydrogen (secondary N) is 2. The molecular weight excluding hydrogens is 332 g/mol. The van der Waals surface area contributed by atoms with Crippen LogP contribution in [0, 0.1) is 0 Å². The number of aromatic amines is 1. The summed E-state index contributed by atoms with van der Waals surface area (Å²) in [4.78, 5) is 23.8. The Morgan fingerprint density at radius 1 is 1.44 bits per heavy atom. The minimum absolute atomic E-state index is 0.110. The number of carbonyl (C=O) groups excluding carboxylic acids is 1. The summed E-state index contributed by atoms with van der Waals surface area (Å²) in [7, 11) is 0. The second-order valence-corrected chi connectivity index (χ2v) is 6.86. The smallest absolute Gasteiger partial charge is 0.243 e. The van der Waals surface area contributed by atoms with Gasteiger partial charge in [-0.1, -0.05) is 12.7 Å². The highest BCUT2D eigenvalue weighted by atomic mass is 32.1. The number of allylic oxidation sites excluding steroid dienone is 1. The fourth-order valence-corrected chi connectivity index (χ4v) is 3.99. The van der Waals surface area contributed by atoms with Gasteiger partial charge in [0.25, 0.3) is 0 Å². The van der Waals surface area contributed by atoms with E-state index in [1.807, 2.05) is 6.20 Å². The lowest BCUT2D eigenvalue weighted by Gasteiger charge is -2.23. The molecule has 0 radical (unpaired) electrons. The zero-order chi connectivity index (χ0) is 17.2. The van der Waals surface area contributed by atoms with E-state index in [0.29, 0.717) is 0 Å². The van der Waals surface area contributed by atoms with Crippen LogP contribution in [0.25, 0.3) is 27.7 Å². The summed E-state index contributed by atoms with van der Waals surface area (Å²) >= 11 is 1.67. The largest absolute Gasteiger partial charge is 0.349 e. The van der Waals surface area contributed by atoms with Crippen molar-refractivity contribution in [3.8, 4) is 11.1 Å². The molecule has 0 bridgehead atoms. The van der Waals surface area contributed by atoms with Crippen LogP contribution in [0.4, 0.5) is 0 Å². The van der Waals surface area contributed by atoms with Crippen LogP contribution in [-0.4, -0.2) is 26.9 Å². The minimum Gasteiger partial charge on any atom is -0.349 e. The first-order valence-electron chi connectivity index (χ1n) is 8.23. The van der Waals surface area contributed by atoms with E-state index in [0.717, 1.165) is 47.1 Å². The van der Waals surface area contributed by atoms with Gasteiger partial charge in [0, 0.05) is 17.8 Å². The van der Waals surface area contributed by atoms with Gasteiger partial charge in [0.2, 0.25) is 5.91 Å². The lowest BCUT2D eigenvalue weighted by Crippen LogP contribution is -2.34. The Kier molecular flexibility index (Phi) is 4.19. The summed E-state index contributed by atoms with van der Waals surface area (Å²) in [6.07, 6.45) is 9.75. The van der Waals surface area contributed by atoms with E-state index in [1.54, 1.807) is 17.7 Å². The zero-order valence-corrected chi connectivity index (χ0v) is 14.5. The second kappa shape index (κ2) is 6.64. The van der Waals surface area contributed by atoms with E-state index >= 15 is 0 Å². The molecule has 5 nitrogen and oxygen atoms in total. The Hall–Kier alpha value is -2.73. The Balaban J connectivity index is 1.74. The van der Waals surface area contributed by atoms with E-state index in [9.17, 15) is 4.79 Å². The molecule has 2 N–H and O–H groups in total. The Morgan fingerprint density at radius 3 is 3.16 bits per heavy atom. The van der Waals surface area contributed by atoms with Crippen LogP contribution in [-0.2, 0) is 4.79 Å². The normalized spacial score (nSPS) is 17.3. The molecule has 3 aromatic heterocycles. The summed E-state index contributed by atoms with van der Waals surface area (Å²) < 4.78 is 0. The summed E-state index contributed by atoms with van der Waals surface area (Å²) in [6.45, 7) is 3.53. The molecule has 0 aromatic carbocycles. The Bertz CT molecular complexity index is 955. The van der Waals surface area contributed by atoms with Crippen LogP contribution in [0.3, 0.4) is 0 Å². The van der Waals surface area contributed by atoms with Crippen LogP contribution in [0.5, 0.6) is 0 Å². The van der Waals surface area contributed by atoms with Crippen LogP contribution in [0.1, 0.15) is 25.0 Å². The van der Waals surface area contributed by atoms with Crippen molar-refractivity contribution in [2.75, 3.05) is 0 Å². The van der Waals surface area contributed by atoms with Gasteiger partial charge in [-0.15, -0.1) is 0 Å². The van der Waals surface area contributed by atoms with Gasteiger partial charge in [-0.3, -0.25) is 4.79 Å². The highest BCUT2D eigenvalue weighted by Gasteiger charge is 2.22. The van der Waals surface area contributed by atoms with Gasteiger partial charge in [-0.2, -0.15) is 11.3 Å². The quantitative estimate of drug-likeness (QED) is 0.701. The van der Waals surface area contributed by atoms with Crippen molar-refractivity contribution in [2.24, 2.45) is 0 Å². The molecule has 4 rings (SSSR count). The van der Waals surface area contributed by atoms with Gasteiger partial charge in [0.1, 0.15) is 12.0 Å². The number of nitrogens with zero attached hydrogens (tertiary/aromatic N) is 2. The number of thiophene rings is 1. The standard InChI is InChI=1S/C19H18N4OS/c1-2-16(24)23-14-5-3-4-12(8-14)18-17-15(13-6-7-25-10-13)9-20-19(17)22-11-21-18/h2,4,6-7,9-11,14H,1,3,5,8H2,(H,23,24)(H,20,21,22). The SMILES string of the molecule is C=CC(=O)NC1CCC=C(c2ncnc3[nH]cc(-c4ccsc4)c23)C1. The third kappa shape index (κ3) is 3.00. The van der Waals surface area contributed by atoms with E-state index < -0.39 is 0 Å². The van der Waals surface area contributed by atoms with Gasteiger partial charge >= 0.3 is 0 Å². The average molecular weight is 350 g/mol. The summed E-state index contributed by atoms with van der Waals surface area (Å²) in [5.41, 5.74) is 5.23. The number of aromatic nitrogens is 3. The summed E-state index contributed by atoms with van der Waals surface area (Å²) in [5, 5.41) is 8.24. The first kappa shape index (κ1) is 15.8. The maximum Gasteiger partial charge on any atom is 0.243 e. The van der Waals surface area contributed by atoms with Crippen LogP contribution in [0.15, 0.2) is 48.1 Å². The van der Waals surface area contributed by atoms with Gasteiger partial charge in [0.05, 0.1) is 11.1 Å². The molecule has 1 unspecified atom stereocenters. The van der Waals surface area contributed by atoms with E-state index in [2.05, 4.69) is 49.8 Å². The molecule has 1 atom stereocenters. The van der Waals surface area contributed by atoms with Crippen molar-refractivity contribution in [1.29, 1.82) is 0 Å². The molecule has 3 heterocycles.